The Balaban J connectivity index is 1.62. The molecule has 1 amide bonds. The highest BCUT2D eigenvalue weighted by Gasteiger charge is 2.27. The van der Waals surface area contributed by atoms with E-state index in [1.165, 1.54) is 24.3 Å². The first-order valence-electron chi connectivity index (χ1n) is 9.15. The zero-order chi connectivity index (χ0) is 21.7. The summed E-state index contributed by atoms with van der Waals surface area (Å²) in [5.74, 6) is -1.94. The second-order valence-corrected chi connectivity index (χ2v) is 7.24. The molecule has 0 fully saturated rings. The normalized spacial score (nSPS) is 11.9. The third-order valence-corrected chi connectivity index (χ3v) is 4.49. The number of halogens is 2. The van der Waals surface area contributed by atoms with Crippen molar-refractivity contribution in [2.75, 3.05) is 0 Å². The second kappa shape index (κ2) is 9.49. The summed E-state index contributed by atoms with van der Waals surface area (Å²) in [5, 5.41) is 6.93. The first-order valence-corrected chi connectivity index (χ1v) is 9.53. The highest BCUT2D eigenvalue weighted by molar-refractivity contribution is 6.30. The van der Waals surface area contributed by atoms with Gasteiger partial charge in [0.15, 0.2) is 6.61 Å². The predicted molar refractivity (Wildman–Crippen MR) is 107 cm³/mol. The van der Waals surface area contributed by atoms with E-state index in [1.54, 1.807) is 38.1 Å². The van der Waals surface area contributed by atoms with Crippen molar-refractivity contribution in [2.45, 2.75) is 26.5 Å². The third kappa shape index (κ3) is 5.21. The maximum absolute atomic E-state index is 13.8. The van der Waals surface area contributed by atoms with Crippen LogP contribution in [0.5, 0.6) is 0 Å². The topological polar surface area (TPSA) is 94.3 Å². The number of benzene rings is 2. The number of nitrogens with one attached hydrogen (secondary N) is 1. The van der Waals surface area contributed by atoms with Crippen molar-refractivity contribution in [3.8, 4) is 11.4 Å². The van der Waals surface area contributed by atoms with Gasteiger partial charge in [-0.1, -0.05) is 42.7 Å². The molecule has 1 heterocycles. The van der Waals surface area contributed by atoms with Crippen LogP contribution in [0.25, 0.3) is 11.4 Å². The molecule has 3 rings (SSSR count). The SMILES string of the molecule is CC(C)[C@@H](NC(=O)c1ccccc1F)C(=O)OCc1nc(-c2ccc(Cl)cc2)no1. The van der Waals surface area contributed by atoms with Crippen LogP contribution in [0.3, 0.4) is 0 Å². The van der Waals surface area contributed by atoms with E-state index < -0.39 is 23.7 Å². The molecule has 1 aromatic heterocycles. The highest BCUT2D eigenvalue weighted by atomic mass is 35.5. The fourth-order valence-corrected chi connectivity index (χ4v) is 2.74. The number of amides is 1. The van der Waals surface area contributed by atoms with Crippen molar-refractivity contribution >= 4 is 23.5 Å². The monoisotopic (exact) mass is 431 g/mol. The van der Waals surface area contributed by atoms with E-state index >= 15 is 0 Å². The second-order valence-electron chi connectivity index (χ2n) is 6.80. The summed E-state index contributed by atoms with van der Waals surface area (Å²) >= 11 is 5.86. The van der Waals surface area contributed by atoms with Gasteiger partial charge in [-0.15, -0.1) is 0 Å². The standard InChI is InChI=1S/C21H19ClFN3O4/c1-12(2)18(25-20(27)15-5-3-4-6-16(15)23)21(28)29-11-17-24-19(26-30-17)13-7-9-14(22)10-8-13/h3-10,12,18H,11H2,1-2H3,(H,25,27)/t18-/m1/s1. The lowest BCUT2D eigenvalue weighted by atomic mass is 10.0. The van der Waals surface area contributed by atoms with Crippen LogP contribution in [0.15, 0.2) is 53.1 Å². The molecule has 0 saturated carbocycles. The van der Waals surface area contributed by atoms with Crippen LogP contribution in [0.4, 0.5) is 4.39 Å². The van der Waals surface area contributed by atoms with E-state index in [0.717, 1.165) is 0 Å². The van der Waals surface area contributed by atoms with Crippen molar-refractivity contribution in [1.82, 2.24) is 15.5 Å². The van der Waals surface area contributed by atoms with Gasteiger partial charge in [0.25, 0.3) is 11.8 Å². The minimum atomic E-state index is -0.976. The van der Waals surface area contributed by atoms with Crippen LogP contribution in [-0.2, 0) is 16.1 Å². The van der Waals surface area contributed by atoms with Gasteiger partial charge in [-0.05, 0) is 42.3 Å². The molecule has 2 aromatic carbocycles. The van der Waals surface area contributed by atoms with Gasteiger partial charge in [-0.2, -0.15) is 4.98 Å². The van der Waals surface area contributed by atoms with E-state index in [2.05, 4.69) is 15.5 Å². The summed E-state index contributed by atoms with van der Waals surface area (Å²) < 4.78 is 24.1. The molecular formula is C21H19ClFN3O4. The number of esters is 1. The van der Waals surface area contributed by atoms with E-state index in [0.29, 0.717) is 16.4 Å². The molecule has 0 unspecified atom stereocenters. The van der Waals surface area contributed by atoms with Gasteiger partial charge in [0.1, 0.15) is 11.9 Å². The van der Waals surface area contributed by atoms with Crippen LogP contribution < -0.4 is 5.32 Å². The Morgan fingerprint density at radius 1 is 1.17 bits per heavy atom. The number of ether oxygens (including phenoxy) is 1. The maximum Gasteiger partial charge on any atom is 0.329 e. The molecule has 9 heteroatoms. The van der Waals surface area contributed by atoms with E-state index in [9.17, 15) is 14.0 Å². The molecule has 0 radical (unpaired) electrons. The van der Waals surface area contributed by atoms with Crippen LogP contribution in [0, 0.1) is 11.7 Å². The molecule has 1 N–H and O–H groups in total. The lowest BCUT2D eigenvalue weighted by molar-refractivity contribution is -0.149. The van der Waals surface area contributed by atoms with Crippen LogP contribution in [-0.4, -0.2) is 28.1 Å². The van der Waals surface area contributed by atoms with E-state index in [-0.39, 0.29) is 24.0 Å². The number of rotatable bonds is 7. The third-order valence-electron chi connectivity index (χ3n) is 4.23. The lowest BCUT2D eigenvalue weighted by Crippen LogP contribution is -2.45. The van der Waals surface area contributed by atoms with Crippen molar-refractivity contribution in [3.05, 3.63) is 70.8 Å². The smallest absolute Gasteiger partial charge is 0.329 e. The molecular weight excluding hydrogens is 413 g/mol. The fraction of sp³-hybridized carbons (Fsp3) is 0.238. The average molecular weight is 432 g/mol. The number of nitrogens with zero attached hydrogens (tertiary/aromatic N) is 2. The predicted octanol–water partition coefficient (Wildman–Crippen LogP) is 4.03. The van der Waals surface area contributed by atoms with Crippen molar-refractivity contribution < 1.29 is 23.2 Å². The highest BCUT2D eigenvalue weighted by Crippen LogP contribution is 2.19. The largest absolute Gasteiger partial charge is 0.454 e. The van der Waals surface area contributed by atoms with Gasteiger partial charge in [-0.3, -0.25) is 4.79 Å². The van der Waals surface area contributed by atoms with E-state index in [4.69, 9.17) is 20.9 Å². The Labute approximate surface area is 177 Å². The minimum absolute atomic E-state index is 0.0937. The van der Waals surface area contributed by atoms with Crippen LogP contribution in [0.2, 0.25) is 5.02 Å². The summed E-state index contributed by atoms with van der Waals surface area (Å²) in [6.07, 6.45) is 0. The summed E-state index contributed by atoms with van der Waals surface area (Å²) in [5.41, 5.74) is 0.540. The molecule has 1 atom stereocenters. The number of hydrogen-bond acceptors (Lipinski definition) is 6. The van der Waals surface area contributed by atoms with Crippen LogP contribution >= 0.6 is 11.6 Å². The van der Waals surface area contributed by atoms with Gasteiger partial charge in [0, 0.05) is 10.6 Å². The van der Waals surface area contributed by atoms with Crippen molar-refractivity contribution in [3.63, 3.8) is 0 Å². The van der Waals surface area contributed by atoms with Gasteiger partial charge >= 0.3 is 5.97 Å². The fourth-order valence-electron chi connectivity index (χ4n) is 2.61. The zero-order valence-electron chi connectivity index (χ0n) is 16.3. The molecule has 0 bridgehead atoms. The molecule has 0 aliphatic heterocycles. The number of carbonyl (C=O) groups is 2. The lowest BCUT2D eigenvalue weighted by Gasteiger charge is -2.20. The number of aromatic nitrogens is 2. The Morgan fingerprint density at radius 3 is 2.53 bits per heavy atom. The molecule has 30 heavy (non-hydrogen) atoms. The summed E-state index contributed by atoms with van der Waals surface area (Å²) in [7, 11) is 0. The van der Waals surface area contributed by atoms with Crippen molar-refractivity contribution in [2.24, 2.45) is 5.92 Å². The molecule has 0 aliphatic carbocycles. The molecule has 3 aromatic rings. The average Bonchev–Trinajstić information content (AvgIpc) is 3.19. The molecule has 0 saturated heterocycles. The van der Waals surface area contributed by atoms with Gasteiger partial charge in [-0.25, -0.2) is 9.18 Å². The Hall–Kier alpha value is -3.26. The summed E-state index contributed by atoms with van der Waals surface area (Å²) in [6.45, 7) is 3.20. The van der Waals surface area contributed by atoms with E-state index in [1.807, 2.05) is 0 Å². The number of hydrogen-bond donors (Lipinski definition) is 1. The van der Waals surface area contributed by atoms with Gasteiger partial charge in [0.2, 0.25) is 5.82 Å². The van der Waals surface area contributed by atoms with Crippen molar-refractivity contribution in [1.29, 1.82) is 0 Å². The molecule has 0 spiro atoms. The summed E-state index contributed by atoms with van der Waals surface area (Å²) in [4.78, 5) is 29.0. The Bertz CT molecular complexity index is 1040. The summed E-state index contributed by atoms with van der Waals surface area (Å²) in [6, 6.07) is 11.4. The first-order chi connectivity index (χ1) is 14.3. The Kier molecular flexibility index (Phi) is 6.79. The van der Waals surface area contributed by atoms with Crippen LogP contribution in [0.1, 0.15) is 30.1 Å². The molecule has 156 valence electrons. The number of carbonyl (C=O) groups excluding carboxylic acids is 2. The quantitative estimate of drug-likeness (QED) is 0.567. The first kappa shape index (κ1) is 21.4. The minimum Gasteiger partial charge on any atom is -0.454 e. The van der Waals surface area contributed by atoms with Gasteiger partial charge < -0.3 is 14.6 Å². The van der Waals surface area contributed by atoms with Gasteiger partial charge in [0.05, 0.1) is 5.56 Å². The molecule has 7 nitrogen and oxygen atoms in total. The zero-order valence-corrected chi connectivity index (χ0v) is 17.0. The maximum atomic E-state index is 13.8. The molecule has 0 aliphatic rings. The Morgan fingerprint density at radius 2 is 1.87 bits per heavy atom.